The number of carbonyl (C=O) groups is 1. The Morgan fingerprint density at radius 2 is 1.74 bits per heavy atom. The van der Waals surface area contributed by atoms with E-state index >= 15 is 0 Å². The van der Waals surface area contributed by atoms with Gasteiger partial charge in [-0.25, -0.2) is 9.48 Å². The number of methoxy groups -OCH3 is 1. The largest absolute Gasteiger partial charge is 0.494 e. The number of ether oxygens (including phenoxy) is 2. The van der Waals surface area contributed by atoms with Gasteiger partial charge in [0.15, 0.2) is 0 Å². The second kappa shape index (κ2) is 10.2. The molecule has 0 radical (unpaired) electrons. The van der Waals surface area contributed by atoms with Crippen LogP contribution in [0.5, 0.6) is 11.6 Å². The number of amides is 1. The standard InChI is InChI=1S/C27H32ClN3O4/c1-27(2,3)30(26(32)33)20-13-15-21(16-14-20)35-25-17-23(18-9-11-19(28)12-10-18)31(29-25)22-7-5-6-8-24(22)34-4/h5-12,17,20-21H,13-16H2,1-4H3,(H,32,33)/t20-,21+. The third kappa shape index (κ3) is 5.56. The van der Waals surface area contributed by atoms with Gasteiger partial charge in [-0.05, 0) is 70.7 Å². The fraction of sp³-hybridized carbons (Fsp3) is 0.407. The molecular weight excluding hydrogens is 466 g/mol. The topological polar surface area (TPSA) is 76.8 Å². The lowest BCUT2D eigenvalue weighted by Gasteiger charge is -2.42. The van der Waals surface area contributed by atoms with Crippen LogP contribution >= 0.6 is 11.6 Å². The Morgan fingerprint density at radius 1 is 1.09 bits per heavy atom. The summed E-state index contributed by atoms with van der Waals surface area (Å²) in [6.45, 7) is 5.81. The highest BCUT2D eigenvalue weighted by Gasteiger charge is 2.36. The van der Waals surface area contributed by atoms with Crippen LogP contribution < -0.4 is 9.47 Å². The summed E-state index contributed by atoms with van der Waals surface area (Å²) in [5.41, 5.74) is 2.18. The van der Waals surface area contributed by atoms with Crippen molar-refractivity contribution in [1.29, 1.82) is 0 Å². The van der Waals surface area contributed by atoms with Gasteiger partial charge < -0.3 is 19.5 Å². The first-order valence-corrected chi connectivity index (χ1v) is 12.2. The summed E-state index contributed by atoms with van der Waals surface area (Å²) in [5.74, 6) is 1.23. The van der Waals surface area contributed by atoms with Crippen LogP contribution in [-0.2, 0) is 0 Å². The molecule has 7 nitrogen and oxygen atoms in total. The van der Waals surface area contributed by atoms with E-state index in [9.17, 15) is 9.90 Å². The third-order valence-corrected chi connectivity index (χ3v) is 6.62. The van der Waals surface area contributed by atoms with Crippen molar-refractivity contribution in [1.82, 2.24) is 14.7 Å². The van der Waals surface area contributed by atoms with Crippen molar-refractivity contribution in [3.8, 4) is 28.6 Å². The molecule has 1 aliphatic rings. The molecule has 186 valence electrons. The number of hydrogen-bond acceptors (Lipinski definition) is 4. The van der Waals surface area contributed by atoms with E-state index in [-0.39, 0.29) is 12.1 Å². The average Bonchev–Trinajstić information content (AvgIpc) is 3.23. The Balaban J connectivity index is 1.57. The first kappa shape index (κ1) is 24.9. The van der Waals surface area contributed by atoms with Gasteiger partial charge >= 0.3 is 6.09 Å². The third-order valence-electron chi connectivity index (χ3n) is 6.37. The van der Waals surface area contributed by atoms with Gasteiger partial charge in [-0.15, -0.1) is 5.10 Å². The normalized spacial score (nSPS) is 18.2. The molecule has 4 rings (SSSR count). The Kier molecular flexibility index (Phi) is 7.26. The number of hydrogen-bond donors (Lipinski definition) is 1. The van der Waals surface area contributed by atoms with Gasteiger partial charge in [0.2, 0.25) is 5.88 Å². The van der Waals surface area contributed by atoms with Crippen LogP contribution in [0.1, 0.15) is 46.5 Å². The highest BCUT2D eigenvalue weighted by atomic mass is 35.5. The molecule has 0 aliphatic heterocycles. The van der Waals surface area contributed by atoms with E-state index in [1.807, 2.05) is 80.1 Å². The quantitative estimate of drug-likeness (QED) is 0.411. The van der Waals surface area contributed by atoms with Crippen LogP contribution in [-0.4, -0.2) is 50.7 Å². The van der Waals surface area contributed by atoms with Crippen molar-refractivity contribution >= 4 is 17.7 Å². The summed E-state index contributed by atoms with van der Waals surface area (Å²) < 4.78 is 13.7. The van der Waals surface area contributed by atoms with Crippen molar-refractivity contribution in [2.75, 3.05) is 7.11 Å². The number of benzene rings is 2. The molecule has 1 fully saturated rings. The Labute approximate surface area is 211 Å². The van der Waals surface area contributed by atoms with E-state index in [1.165, 1.54) is 0 Å². The predicted octanol–water partition coefficient (Wildman–Crippen LogP) is 6.67. The minimum Gasteiger partial charge on any atom is -0.494 e. The van der Waals surface area contributed by atoms with E-state index in [4.69, 9.17) is 26.2 Å². The highest BCUT2D eigenvalue weighted by molar-refractivity contribution is 6.30. The summed E-state index contributed by atoms with van der Waals surface area (Å²) in [5, 5.41) is 15.2. The molecule has 2 aromatic carbocycles. The monoisotopic (exact) mass is 497 g/mol. The zero-order valence-electron chi connectivity index (χ0n) is 20.6. The molecule has 0 spiro atoms. The summed E-state index contributed by atoms with van der Waals surface area (Å²) in [6, 6.07) is 17.2. The molecule has 35 heavy (non-hydrogen) atoms. The maximum Gasteiger partial charge on any atom is 0.407 e. The molecule has 0 bridgehead atoms. The Morgan fingerprint density at radius 3 is 2.34 bits per heavy atom. The van der Waals surface area contributed by atoms with Crippen LogP contribution in [0, 0.1) is 0 Å². The number of nitrogens with zero attached hydrogens (tertiary/aromatic N) is 3. The highest BCUT2D eigenvalue weighted by Crippen LogP contribution is 2.34. The molecule has 1 aromatic heterocycles. The lowest BCUT2D eigenvalue weighted by molar-refractivity contribution is 0.0358. The number of carboxylic acid groups (broad SMARTS) is 1. The fourth-order valence-corrected chi connectivity index (χ4v) is 4.94. The second-order valence-corrected chi connectivity index (χ2v) is 10.3. The number of rotatable bonds is 6. The lowest BCUT2D eigenvalue weighted by Crippen LogP contribution is -2.52. The molecular formula is C27H32ClN3O4. The zero-order valence-corrected chi connectivity index (χ0v) is 21.3. The van der Waals surface area contributed by atoms with Crippen LogP contribution in [0.2, 0.25) is 5.02 Å². The zero-order chi connectivity index (χ0) is 25.2. The van der Waals surface area contributed by atoms with Gasteiger partial charge in [0, 0.05) is 28.2 Å². The van der Waals surface area contributed by atoms with E-state index in [2.05, 4.69) is 0 Å². The summed E-state index contributed by atoms with van der Waals surface area (Å²) in [4.78, 5) is 13.4. The van der Waals surface area contributed by atoms with Crippen molar-refractivity contribution in [2.24, 2.45) is 0 Å². The number of halogens is 1. The smallest absolute Gasteiger partial charge is 0.407 e. The number of aromatic nitrogens is 2. The van der Waals surface area contributed by atoms with E-state index in [0.717, 1.165) is 42.6 Å². The molecule has 3 aromatic rings. The van der Waals surface area contributed by atoms with E-state index in [1.54, 1.807) is 12.0 Å². The fourth-order valence-electron chi connectivity index (χ4n) is 4.81. The molecule has 0 unspecified atom stereocenters. The summed E-state index contributed by atoms with van der Waals surface area (Å²) >= 11 is 6.11. The lowest BCUT2D eigenvalue weighted by atomic mass is 9.89. The van der Waals surface area contributed by atoms with Crippen LogP contribution in [0.25, 0.3) is 16.9 Å². The Hall–Kier alpha value is -3.19. The molecule has 0 atom stereocenters. The van der Waals surface area contributed by atoms with Crippen LogP contribution in [0.15, 0.2) is 54.6 Å². The Bertz CT molecular complexity index is 1160. The SMILES string of the molecule is COc1ccccc1-n1nc(O[C@H]2CC[C@@H](N(C(=O)O)C(C)(C)C)CC2)cc1-c1ccc(Cl)cc1. The molecule has 0 saturated heterocycles. The molecule has 1 heterocycles. The van der Waals surface area contributed by atoms with Crippen molar-refractivity contribution in [3.63, 3.8) is 0 Å². The molecule has 1 aliphatic carbocycles. The average molecular weight is 498 g/mol. The van der Waals surface area contributed by atoms with Gasteiger partial charge in [-0.2, -0.15) is 0 Å². The van der Waals surface area contributed by atoms with Crippen molar-refractivity contribution in [3.05, 3.63) is 59.6 Å². The maximum absolute atomic E-state index is 11.9. The van der Waals surface area contributed by atoms with Gasteiger partial charge in [-0.1, -0.05) is 35.9 Å². The number of para-hydroxylation sites is 2. The molecule has 8 heteroatoms. The van der Waals surface area contributed by atoms with Gasteiger partial charge in [0.05, 0.1) is 12.8 Å². The van der Waals surface area contributed by atoms with Crippen molar-refractivity contribution in [2.45, 2.75) is 64.1 Å². The maximum atomic E-state index is 11.9. The summed E-state index contributed by atoms with van der Waals surface area (Å²) in [7, 11) is 1.64. The second-order valence-electron chi connectivity index (χ2n) is 9.83. The van der Waals surface area contributed by atoms with Gasteiger partial charge in [-0.3, -0.25) is 0 Å². The van der Waals surface area contributed by atoms with Crippen molar-refractivity contribution < 1.29 is 19.4 Å². The first-order chi connectivity index (χ1) is 16.7. The summed E-state index contributed by atoms with van der Waals surface area (Å²) in [6.07, 6.45) is 2.15. The first-order valence-electron chi connectivity index (χ1n) is 11.9. The van der Waals surface area contributed by atoms with Gasteiger partial charge in [0.1, 0.15) is 17.5 Å². The van der Waals surface area contributed by atoms with Crippen LogP contribution in [0.3, 0.4) is 0 Å². The van der Waals surface area contributed by atoms with Gasteiger partial charge in [0.25, 0.3) is 0 Å². The molecule has 1 amide bonds. The van der Waals surface area contributed by atoms with E-state index in [0.29, 0.717) is 16.7 Å². The minimum atomic E-state index is -0.870. The molecule has 1 N–H and O–H groups in total. The minimum absolute atomic E-state index is 0.0110. The molecule has 1 saturated carbocycles. The predicted molar refractivity (Wildman–Crippen MR) is 137 cm³/mol. The van der Waals surface area contributed by atoms with E-state index < -0.39 is 11.6 Å². The van der Waals surface area contributed by atoms with Crippen LogP contribution in [0.4, 0.5) is 4.79 Å².